The summed E-state index contributed by atoms with van der Waals surface area (Å²) in [6.45, 7) is 2.64. The molecule has 2 heterocycles. The second kappa shape index (κ2) is 10.9. The lowest BCUT2D eigenvalue weighted by atomic mass is 9.91. The van der Waals surface area contributed by atoms with Crippen LogP contribution in [0.1, 0.15) is 48.4 Å². The summed E-state index contributed by atoms with van der Waals surface area (Å²) in [5.74, 6) is 0.675. The van der Waals surface area contributed by atoms with Crippen LogP contribution in [-0.2, 0) is 6.54 Å². The molecule has 8 heteroatoms. The molecule has 7 nitrogen and oxygen atoms in total. The fourth-order valence-corrected chi connectivity index (χ4v) is 3.62. The highest BCUT2D eigenvalue weighted by Gasteiger charge is 2.25. The van der Waals surface area contributed by atoms with Gasteiger partial charge in [0.2, 0.25) is 0 Å². The highest BCUT2D eigenvalue weighted by molar-refractivity contribution is 6.30. The molecule has 0 spiro atoms. The monoisotopic (exact) mass is 418 g/mol. The second-order valence-corrected chi connectivity index (χ2v) is 7.74. The Morgan fingerprint density at radius 3 is 2.59 bits per heavy atom. The van der Waals surface area contributed by atoms with Crippen LogP contribution in [0.5, 0.6) is 0 Å². The number of piperidine rings is 1. The van der Waals surface area contributed by atoms with E-state index >= 15 is 0 Å². The zero-order chi connectivity index (χ0) is 20.5. The number of carbonyl (C=O) groups excluding carboxylic acids is 2. The molecule has 0 aliphatic carbocycles. The van der Waals surface area contributed by atoms with Crippen molar-refractivity contribution in [3.8, 4) is 0 Å². The molecule has 29 heavy (non-hydrogen) atoms. The molecule has 2 aromatic rings. The van der Waals surface area contributed by atoms with Gasteiger partial charge in [-0.1, -0.05) is 36.6 Å². The van der Waals surface area contributed by atoms with Crippen LogP contribution in [0.4, 0.5) is 4.79 Å². The molecule has 1 saturated heterocycles. The van der Waals surface area contributed by atoms with Crippen molar-refractivity contribution in [2.75, 3.05) is 19.6 Å². The Bertz CT molecular complexity index is 772. The van der Waals surface area contributed by atoms with Gasteiger partial charge in [0.15, 0.2) is 0 Å². The minimum atomic E-state index is -0.154. The lowest BCUT2D eigenvalue weighted by Gasteiger charge is -2.31. The molecule has 1 fully saturated rings. The van der Waals surface area contributed by atoms with E-state index in [1.54, 1.807) is 0 Å². The predicted octanol–water partition coefficient (Wildman–Crippen LogP) is 3.85. The van der Waals surface area contributed by atoms with Gasteiger partial charge in [0, 0.05) is 31.2 Å². The van der Waals surface area contributed by atoms with Gasteiger partial charge >= 0.3 is 11.9 Å². The van der Waals surface area contributed by atoms with Gasteiger partial charge in [-0.05, 0) is 42.9 Å². The number of hydrogen-bond acceptors (Lipinski definition) is 4. The summed E-state index contributed by atoms with van der Waals surface area (Å²) >= 11 is 5.85. The topological polar surface area (TPSA) is 87.5 Å². The van der Waals surface area contributed by atoms with Crippen molar-refractivity contribution < 1.29 is 14.0 Å². The number of nitrogens with one attached hydrogen (secondary N) is 2. The molecule has 1 aromatic heterocycles. The smallest absolute Gasteiger partial charge is 0.315 e. The van der Waals surface area contributed by atoms with Crippen LogP contribution >= 0.6 is 11.6 Å². The maximum atomic E-state index is 12.2. The van der Waals surface area contributed by atoms with Gasteiger partial charge in [-0.3, -0.25) is 4.79 Å². The van der Waals surface area contributed by atoms with E-state index in [2.05, 4.69) is 15.6 Å². The molecule has 2 N–H and O–H groups in total. The van der Waals surface area contributed by atoms with Gasteiger partial charge in [0.25, 0.3) is 5.89 Å². The van der Waals surface area contributed by atoms with Gasteiger partial charge in [-0.15, -0.1) is 0 Å². The number of oxazole rings is 1. The number of halogens is 1. The molecule has 3 amide bonds. The molecule has 156 valence electrons. The van der Waals surface area contributed by atoms with Crippen LogP contribution in [0, 0.1) is 5.92 Å². The highest BCUT2D eigenvalue weighted by Crippen LogP contribution is 2.23. The first-order valence-corrected chi connectivity index (χ1v) is 10.4. The molecule has 0 saturated carbocycles. The van der Waals surface area contributed by atoms with Crippen molar-refractivity contribution in [2.24, 2.45) is 5.92 Å². The third kappa shape index (κ3) is 6.78. The maximum absolute atomic E-state index is 12.2. The average molecular weight is 419 g/mol. The molecule has 1 aliphatic rings. The van der Waals surface area contributed by atoms with Crippen molar-refractivity contribution in [1.29, 1.82) is 0 Å². The number of hydrogen-bond donors (Lipinski definition) is 2. The molecule has 3 rings (SSSR count). The number of likely N-dealkylation sites (tertiary alicyclic amines) is 1. The minimum Gasteiger partial charge on any atom is -0.441 e. The summed E-state index contributed by atoms with van der Waals surface area (Å²) in [5, 5.41) is 6.42. The summed E-state index contributed by atoms with van der Waals surface area (Å²) in [6.07, 6.45) is 8.05. The summed E-state index contributed by atoms with van der Waals surface area (Å²) in [7, 11) is 0. The van der Waals surface area contributed by atoms with E-state index in [1.165, 1.54) is 12.5 Å². The quantitative estimate of drug-likeness (QED) is 0.637. The number of carbonyl (C=O) groups is 2. The van der Waals surface area contributed by atoms with Crippen LogP contribution in [0.15, 0.2) is 41.1 Å². The van der Waals surface area contributed by atoms with E-state index in [0.29, 0.717) is 24.0 Å². The number of urea groups is 1. The molecule has 0 bridgehead atoms. The second-order valence-electron chi connectivity index (χ2n) is 7.30. The Morgan fingerprint density at radius 1 is 1.14 bits per heavy atom. The first kappa shape index (κ1) is 21.2. The number of nitrogens with zero attached hydrogens (tertiary/aromatic N) is 2. The molecule has 0 unspecified atom stereocenters. The van der Waals surface area contributed by atoms with Gasteiger partial charge < -0.3 is 20.0 Å². The van der Waals surface area contributed by atoms with Crippen molar-refractivity contribution >= 4 is 23.5 Å². The minimum absolute atomic E-state index is 0.123. The lowest BCUT2D eigenvalue weighted by Crippen LogP contribution is -2.38. The third-order valence-electron chi connectivity index (χ3n) is 5.21. The Hall–Kier alpha value is -2.54. The van der Waals surface area contributed by atoms with Crippen LogP contribution in [0.2, 0.25) is 5.02 Å². The Kier molecular flexibility index (Phi) is 7.93. The van der Waals surface area contributed by atoms with E-state index in [9.17, 15) is 9.59 Å². The third-order valence-corrected chi connectivity index (χ3v) is 5.46. The average Bonchev–Trinajstić information content (AvgIpc) is 3.28. The summed E-state index contributed by atoms with van der Waals surface area (Å²) in [5.41, 5.74) is 1.01. The number of amides is 3. The van der Waals surface area contributed by atoms with Gasteiger partial charge in [0.1, 0.15) is 6.26 Å². The fraction of sp³-hybridized carbons (Fsp3) is 0.476. The van der Waals surface area contributed by atoms with Gasteiger partial charge in [0.05, 0.1) is 6.20 Å². The van der Waals surface area contributed by atoms with E-state index in [1.807, 2.05) is 29.2 Å². The normalized spacial score (nSPS) is 14.6. The standard InChI is InChI=1S/C21H27ClN4O3/c22-18-6-4-17(5-7-18)15-25-21(28)24-10-2-1-3-16-8-12-26(13-9-16)20(27)19-23-11-14-29-19/h4-7,11,14,16H,1-3,8-10,12-13,15H2,(H2,24,25,28). The molecular formula is C21H27ClN4O3. The van der Waals surface area contributed by atoms with Crippen LogP contribution in [-0.4, -0.2) is 41.5 Å². The Labute approximate surface area is 175 Å². The molecular weight excluding hydrogens is 392 g/mol. The number of benzene rings is 1. The Balaban J connectivity index is 1.22. The van der Waals surface area contributed by atoms with Crippen LogP contribution < -0.4 is 10.6 Å². The van der Waals surface area contributed by atoms with Crippen LogP contribution in [0.3, 0.4) is 0 Å². The number of rotatable bonds is 8. The number of unbranched alkanes of at least 4 members (excludes halogenated alkanes) is 1. The maximum Gasteiger partial charge on any atom is 0.315 e. The van der Waals surface area contributed by atoms with E-state index < -0.39 is 0 Å². The predicted molar refractivity (Wildman–Crippen MR) is 111 cm³/mol. The summed E-state index contributed by atoms with van der Waals surface area (Å²) < 4.78 is 5.09. The molecule has 1 aliphatic heterocycles. The Morgan fingerprint density at radius 2 is 1.90 bits per heavy atom. The first-order chi connectivity index (χ1) is 14.1. The number of aromatic nitrogens is 1. The summed E-state index contributed by atoms with van der Waals surface area (Å²) in [4.78, 5) is 29.8. The van der Waals surface area contributed by atoms with Gasteiger partial charge in [-0.2, -0.15) is 0 Å². The van der Waals surface area contributed by atoms with Gasteiger partial charge in [-0.25, -0.2) is 9.78 Å². The van der Waals surface area contributed by atoms with Crippen molar-refractivity contribution in [3.05, 3.63) is 53.2 Å². The van der Waals surface area contributed by atoms with Crippen molar-refractivity contribution in [1.82, 2.24) is 20.5 Å². The fourth-order valence-electron chi connectivity index (χ4n) is 3.50. The zero-order valence-corrected chi connectivity index (χ0v) is 17.2. The molecule has 0 atom stereocenters. The van der Waals surface area contributed by atoms with Crippen molar-refractivity contribution in [2.45, 2.75) is 38.6 Å². The van der Waals surface area contributed by atoms with Crippen molar-refractivity contribution in [3.63, 3.8) is 0 Å². The molecule has 1 aromatic carbocycles. The highest BCUT2D eigenvalue weighted by atomic mass is 35.5. The SMILES string of the molecule is O=C(NCCCCC1CCN(C(=O)c2ncco2)CC1)NCc1ccc(Cl)cc1. The lowest BCUT2D eigenvalue weighted by molar-refractivity contribution is 0.0645. The van der Waals surface area contributed by atoms with E-state index in [4.69, 9.17) is 16.0 Å². The first-order valence-electron chi connectivity index (χ1n) is 10.1. The van der Waals surface area contributed by atoms with E-state index in [-0.39, 0.29) is 17.8 Å². The summed E-state index contributed by atoms with van der Waals surface area (Å²) in [6, 6.07) is 7.26. The molecule has 0 radical (unpaired) electrons. The van der Waals surface area contributed by atoms with Crippen LogP contribution in [0.25, 0.3) is 0 Å². The largest absolute Gasteiger partial charge is 0.441 e. The zero-order valence-electron chi connectivity index (χ0n) is 16.4. The van der Waals surface area contributed by atoms with E-state index in [0.717, 1.165) is 50.8 Å².